The Morgan fingerprint density at radius 1 is 1.04 bits per heavy atom. The number of thioether (sulfide) groups is 1. The lowest BCUT2D eigenvalue weighted by Crippen LogP contribution is -2.42. The van der Waals surface area contributed by atoms with E-state index in [1.165, 1.54) is 11.8 Å². The van der Waals surface area contributed by atoms with Crippen molar-refractivity contribution in [1.29, 1.82) is 0 Å². The van der Waals surface area contributed by atoms with Gasteiger partial charge in [-0.05, 0) is 36.4 Å². The highest BCUT2D eigenvalue weighted by atomic mass is 35.5. The van der Waals surface area contributed by atoms with Crippen LogP contribution in [0.3, 0.4) is 0 Å². The highest BCUT2D eigenvalue weighted by Gasteiger charge is 2.11. The molecule has 0 bridgehead atoms. The van der Waals surface area contributed by atoms with E-state index in [9.17, 15) is 9.59 Å². The topological polar surface area (TPSA) is 88.9 Å². The fraction of sp³-hybridized carbons (Fsp3) is 0.0588. The second kappa shape index (κ2) is 8.50. The van der Waals surface area contributed by atoms with Gasteiger partial charge in [-0.2, -0.15) is 0 Å². The summed E-state index contributed by atoms with van der Waals surface area (Å²) in [7, 11) is 0. The van der Waals surface area contributed by atoms with Crippen molar-refractivity contribution in [2.24, 2.45) is 0 Å². The van der Waals surface area contributed by atoms with Crippen LogP contribution in [0.4, 0.5) is 0 Å². The number of nitrogens with one attached hydrogen (secondary N) is 2. The average Bonchev–Trinajstić information content (AvgIpc) is 3.14. The zero-order valence-electron chi connectivity index (χ0n) is 13.4. The van der Waals surface area contributed by atoms with E-state index in [2.05, 4.69) is 21.0 Å². The third-order valence-corrected chi connectivity index (χ3v) is 4.50. The van der Waals surface area contributed by atoms with Gasteiger partial charge in [0.2, 0.25) is 5.91 Å². The molecule has 3 rings (SSSR count). The first-order chi connectivity index (χ1) is 12.6. The van der Waals surface area contributed by atoms with Gasteiger partial charge in [-0.1, -0.05) is 41.6 Å². The van der Waals surface area contributed by atoms with Crippen LogP contribution < -0.4 is 10.9 Å². The molecule has 1 aromatic heterocycles. The Balaban J connectivity index is 1.51. The highest BCUT2D eigenvalue weighted by molar-refractivity contribution is 7.99. The number of benzene rings is 2. The van der Waals surface area contributed by atoms with Gasteiger partial charge in [-0.25, -0.2) is 0 Å². The quantitative estimate of drug-likeness (QED) is 0.518. The lowest BCUT2D eigenvalue weighted by Gasteiger charge is -2.08. The van der Waals surface area contributed by atoms with Crippen LogP contribution in [0.1, 0.15) is 10.4 Å². The number of aromatic nitrogens is 3. The lowest BCUT2D eigenvalue weighted by molar-refractivity contribution is -0.119. The molecule has 0 aliphatic rings. The summed E-state index contributed by atoms with van der Waals surface area (Å²) >= 11 is 6.99. The summed E-state index contributed by atoms with van der Waals surface area (Å²) in [6.07, 6.45) is 1.58. The van der Waals surface area contributed by atoms with Crippen molar-refractivity contribution in [2.45, 2.75) is 5.16 Å². The number of halogens is 1. The van der Waals surface area contributed by atoms with E-state index in [1.54, 1.807) is 35.2 Å². The Hall–Kier alpha value is -2.84. The SMILES string of the molecule is O=C(CSc1nncn1-c1ccccc1)NNC(=O)c1ccc(Cl)cc1. The summed E-state index contributed by atoms with van der Waals surface area (Å²) in [5, 5.41) is 9.00. The number of carbonyl (C=O) groups is 2. The lowest BCUT2D eigenvalue weighted by atomic mass is 10.2. The molecule has 2 aromatic carbocycles. The smallest absolute Gasteiger partial charge is 0.269 e. The number of amides is 2. The van der Waals surface area contributed by atoms with E-state index < -0.39 is 5.91 Å². The van der Waals surface area contributed by atoms with E-state index >= 15 is 0 Å². The molecule has 132 valence electrons. The van der Waals surface area contributed by atoms with Crippen LogP contribution in [0, 0.1) is 0 Å². The van der Waals surface area contributed by atoms with Crippen molar-refractivity contribution in [3.8, 4) is 5.69 Å². The Labute approximate surface area is 158 Å². The third kappa shape index (κ3) is 4.62. The predicted octanol–water partition coefficient (Wildman–Crippen LogP) is 2.47. The largest absolute Gasteiger partial charge is 0.277 e. The summed E-state index contributed by atoms with van der Waals surface area (Å²) in [6, 6.07) is 15.9. The van der Waals surface area contributed by atoms with Gasteiger partial charge in [0.1, 0.15) is 6.33 Å². The molecule has 0 unspecified atom stereocenters. The zero-order chi connectivity index (χ0) is 18.4. The van der Waals surface area contributed by atoms with Crippen molar-refractivity contribution < 1.29 is 9.59 Å². The van der Waals surface area contributed by atoms with Crippen molar-refractivity contribution >= 4 is 35.2 Å². The molecule has 0 saturated carbocycles. The number of rotatable bonds is 5. The molecule has 1 heterocycles. The molecule has 0 spiro atoms. The molecule has 2 amide bonds. The van der Waals surface area contributed by atoms with E-state index in [-0.39, 0.29) is 11.7 Å². The normalized spacial score (nSPS) is 10.3. The van der Waals surface area contributed by atoms with E-state index in [0.29, 0.717) is 15.7 Å². The maximum atomic E-state index is 12.0. The number of hydrogen-bond acceptors (Lipinski definition) is 5. The molecule has 3 aromatic rings. The van der Waals surface area contributed by atoms with Crippen molar-refractivity contribution in [2.75, 3.05) is 5.75 Å². The van der Waals surface area contributed by atoms with Crippen molar-refractivity contribution in [3.05, 3.63) is 71.5 Å². The number of hydrazine groups is 1. The van der Waals surface area contributed by atoms with Crippen LogP contribution in [-0.4, -0.2) is 32.3 Å². The van der Waals surface area contributed by atoms with Gasteiger partial charge in [-0.15, -0.1) is 10.2 Å². The average molecular weight is 388 g/mol. The Kier molecular flexibility index (Phi) is 5.88. The molecule has 0 aliphatic carbocycles. The van der Waals surface area contributed by atoms with Crippen LogP contribution in [-0.2, 0) is 4.79 Å². The van der Waals surface area contributed by atoms with Gasteiger partial charge < -0.3 is 0 Å². The Bertz CT molecular complexity index is 899. The number of hydrogen-bond donors (Lipinski definition) is 2. The minimum atomic E-state index is -0.424. The van der Waals surface area contributed by atoms with E-state index in [0.717, 1.165) is 5.69 Å². The summed E-state index contributed by atoms with van der Waals surface area (Å²) in [5.74, 6) is -0.709. The van der Waals surface area contributed by atoms with Crippen LogP contribution >= 0.6 is 23.4 Å². The monoisotopic (exact) mass is 387 g/mol. The number of para-hydroxylation sites is 1. The second-order valence-corrected chi connectivity index (χ2v) is 6.50. The first-order valence-corrected chi connectivity index (χ1v) is 8.93. The molecule has 0 radical (unpaired) electrons. The van der Waals surface area contributed by atoms with E-state index in [1.807, 2.05) is 30.3 Å². The highest BCUT2D eigenvalue weighted by Crippen LogP contribution is 2.18. The summed E-state index contributed by atoms with van der Waals surface area (Å²) in [6.45, 7) is 0. The standard InChI is InChI=1S/C17H14ClN5O2S/c18-13-8-6-12(7-9-13)16(25)21-20-15(24)10-26-17-22-19-11-23(17)14-4-2-1-3-5-14/h1-9,11H,10H2,(H,20,24)(H,21,25). The maximum absolute atomic E-state index is 12.0. The zero-order valence-corrected chi connectivity index (χ0v) is 15.0. The molecule has 0 aliphatic heterocycles. The summed E-state index contributed by atoms with van der Waals surface area (Å²) < 4.78 is 1.78. The fourth-order valence-electron chi connectivity index (χ4n) is 2.05. The molecule has 0 atom stereocenters. The maximum Gasteiger partial charge on any atom is 0.269 e. The number of nitrogens with zero attached hydrogens (tertiary/aromatic N) is 3. The van der Waals surface area contributed by atoms with Gasteiger partial charge in [0, 0.05) is 16.3 Å². The third-order valence-electron chi connectivity index (χ3n) is 3.31. The molecule has 2 N–H and O–H groups in total. The second-order valence-electron chi connectivity index (χ2n) is 5.12. The molecular weight excluding hydrogens is 374 g/mol. The van der Waals surface area contributed by atoms with Gasteiger partial charge in [0.25, 0.3) is 5.91 Å². The molecule has 0 fully saturated rings. The molecule has 9 heteroatoms. The predicted molar refractivity (Wildman–Crippen MR) is 99.1 cm³/mol. The van der Waals surface area contributed by atoms with Crippen LogP contribution in [0.25, 0.3) is 5.69 Å². The fourth-order valence-corrected chi connectivity index (χ4v) is 2.91. The van der Waals surface area contributed by atoms with E-state index in [4.69, 9.17) is 11.6 Å². The Morgan fingerprint density at radius 3 is 2.50 bits per heavy atom. The van der Waals surface area contributed by atoms with Crippen molar-refractivity contribution in [1.82, 2.24) is 25.6 Å². The van der Waals surface area contributed by atoms with Crippen molar-refractivity contribution in [3.63, 3.8) is 0 Å². The van der Waals surface area contributed by atoms with Crippen LogP contribution in [0.2, 0.25) is 5.02 Å². The van der Waals surface area contributed by atoms with Gasteiger partial charge in [0.05, 0.1) is 5.75 Å². The first-order valence-electron chi connectivity index (χ1n) is 7.56. The van der Waals surface area contributed by atoms with Crippen LogP contribution in [0.15, 0.2) is 66.1 Å². The number of carbonyl (C=O) groups excluding carboxylic acids is 2. The minimum absolute atomic E-state index is 0.0758. The minimum Gasteiger partial charge on any atom is -0.277 e. The summed E-state index contributed by atoms with van der Waals surface area (Å²) in [4.78, 5) is 23.9. The molecular formula is C17H14ClN5O2S. The molecule has 26 heavy (non-hydrogen) atoms. The molecule has 7 nitrogen and oxygen atoms in total. The first kappa shape index (κ1) is 18.0. The van der Waals surface area contributed by atoms with Gasteiger partial charge in [0.15, 0.2) is 5.16 Å². The molecule has 0 saturated heterocycles. The summed E-state index contributed by atoms with van der Waals surface area (Å²) in [5.41, 5.74) is 6.02. The van der Waals surface area contributed by atoms with Crippen LogP contribution in [0.5, 0.6) is 0 Å². The van der Waals surface area contributed by atoms with Gasteiger partial charge >= 0.3 is 0 Å². The Morgan fingerprint density at radius 2 is 1.77 bits per heavy atom. The van der Waals surface area contributed by atoms with Gasteiger partial charge in [-0.3, -0.25) is 25.0 Å².